The van der Waals surface area contributed by atoms with Gasteiger partial charge in [0.25, 0.3) is 0 Å². The zero-order valence-corrected chi connectivity index (χ0v) is 13.5. The number of nitrogens with one attached hydrogen (secondary N) is 2. The highest BCUT2D eigenvalue weighted by Gasteiger charge is 2.20. The number of carbonyl (C=O) groups excluding carboxylic acids is 2. The van der Waals surface area contributed by atoms with Crippen LogP contribution in [0.25, 0.3) is 0 Å². The SMILES string of the molecule is CC(C)(C)C(=O)NCCNC(=O)Cc1ccc(N)cc1.Cl. The van der Waals surface area contributed by atoms with Crippen molar-refractivity contribution in [2.75, 3.05) is 18.8 Å². The zero-order chi connectivity index (χ0) is 15.2. The van der Waals surface area contributed by atoms with Crippen molar-refractivity contribution in [3.63, 3.8) is 0 Å². The van der Waals surface area contributed by atoms with Crippen LogP contribution in [0.4, 0.5) is 5.69 Å². The Labute approximate surface area is 132 Å². The number of anilines is 1. The van der Waals surface area contributed by atoms with Crippen molar-refractivity contribution in [3.8, 4) is 0 Å². The molecule has 0 spiro atoms. The van der Waals surface area contributed by atoms with Gasteiger partial charge < -0.3 is 16.4 Å². The first kappa shape index (κ1) is 19.2. The van der Waals surface area contributed by atoms with E-state index in [1.807, 2.05) is 32.9 Å². The summed E-state index contributed by atoms with van der Waals surface area (Å²) >= 11 is 0. The van der Waals surface area contributed by atoms with Gasteiger partial charge in [-0.15, -0.1) is 12.4 Å². The third-order valence-electron chi connectivity index (χ3n) is 2.76. The Bertz CT molecular complexity index is 467. The molecule has 118 valence electrons. The largest absolute Gasteiger partial charge is 0.399 e. The lowest BCUT2D eigenvalue weighted by Crippen LogP contribution is -2.40. The third-order valence-corrected chi connectivity index (χ3v) is 2.76. The van der Waals surface area contributed by atoms with E-state index in [1.165, 1.54) is 0 Å². The molecule has 0 unspecified atom stereocenters. The smallest absolute Gasteiger partial charge is 0.225 e. The van der Waals surface area contributed by atoms with E-state index in [1.54, 1.807) is 12.1 Å². The van der Waals surface area contributed by atoms with Crippen LogP contribution in [0.3, 0.4) is 0 Å². The Morgan fingerprint density at radius 3 is 2.10 bits per heavy atom. The summed E-state index contributed by atoms with van der Waals surface area (Å²) in [6.45, 7) is 6.41. The van der Waals surface area contributed by atoms with Gasteiger partial charge in [0, 0.05) is 24.2 Å². The number of benzene rings is 1. The standard InChI is InChI=1S/C15H23N3O2.ClH/c1-15(2,3)14(20)18-9-8-17-13(19)10-11-4-6-12(16)7-5-11;/h4-7H,8-10,16H2,1-3H3,(H,17,19)(H,18,20);1H. The number of halogens is 1. The second kappa shape index (κ2) is 8.52. The maximum absolute atomic E-state index is 11.7. The second-order valence-electron chi connectivity index (χ2n) is 5.77. The molecular weight excluding hydrogens is 290 g/mol. The molecule has 1 aromatic rings. The van der Waals surface area contributed by atoms with Gasteiger partial charge in [0.1, 0.15) is 0 Å². The van der Waals surface area contributed by atoms with Gasteiger partial charge in [-0.3, -0.25) is 9.59 Å². The molecule has 0 fully saturated rings. The fourth-order valence-electron chi connectivity index (χ4n) is 1.53. The quantitative estimate of drug-likeness (QED) is 0.569. The van der Waals surface area contributed by atoms with Crippen LogP contribution in [0.15, 0.2) is 24.3 Å². The first-order chi connectivity index (χ1) is 9.29. The Morgan fingerprint density at radius 2 is 1.57 bits per heavy atom. The van der Waals surface area contributed by atoms with Crippen LogP contribution in [0, 0.1) is 5.41 Å². The Kier molecular flexibility index (Phi) is 7.81. The average Bonchev–Trinajstić information content (AvgIpc) is 2.36. The van der Waals surface area contributed by atoms with Gasteiger partial charge in [-0.25, -0.2) is 0 Å². The molecule has 1 rings (SSSR count). The topological polar surface area (TPSA) is 84.2 Å². The molecule has 0 saturated carbocycles. The fourth-order valence-corrected chi connectivity index (χ4v) is 1.53. The molecule has 0 aliphatic rings. The molecule has 21 heavy (non-hydrogen) atoms. The molecule has 6 heteroatoms. The molecule has 4 N–H and O–H groups in total. The molecule has 0 radical (unpaired) electrons. The molecule has 0 bridgehead atoms. The fraction of sp³-hybridized carbons (Fsp3) is 0.467. The molecule has 1 aromatic carbocycles. The molecule has 0 saturated heterocycles. The summed E-state index contributed by atoms with van der Waals surface area (Å²) in [4.78, 5) is 23.3. The van der Waals surface area contributed by atoms with Crippen molar-refractivity contribution >= 4 is 29.9 Å². The number of carbonyl (C=O) groups is 2. The first-order valence-electron chi connectivity index (χ1n) is 6.68. The number of rotatable bonds is 5. The van der Waals surface area contributed by atoms with E-state index in [-0.39, 0.29) is 24.2 Å². The summed E-state index contributed by atoms with van der Waals surface area (Å²) in [5.74, 6) is -0.0925. The average molecular weight is 314 g/mol. The van der Waals surface area contributed by atoms with Gasteiger partial charge in [-0.1, -0.05) is 32.9 Å². The Hall–Kier alpha value is -1.75. The van der Waals surface area contributed by atoms with Gasteiger partial charge in [0.2, 0.25) is 11.8 Å². The van der Waals surface area contributed by atoms with Gasteiger partial charge >= 0.3 is 0 Å². The van der Waals surface area contributed by atoms with Gasteiger partial charge in [0.15, 0.2) is 0 Å². The second-order valence-corrected chi connectivity index (χ2v) is 5.77. The third kappa shape index (κ3) is 7.56. The monoisotopic (exact) mass is 313 g/mol. The van der Waals surface area contributed by atoms with Crippen LogP contribution in [0.1, 0.15) is 26.3 Å². The molecule has 0 aliphatic heterocycles. The molecule has 0 aromatic heterocycles. The van der Waals surface area contributed by atoms with Crippen molar-refractivity contribution in [2.24, 2.45) is 5.41 Å². The lowest BCUT2D eigenvalue weighted by Gasteiger charge is -2.17. The van der Waals surface area contributed by atoms with Crippen molar-refractivity contribution < 1.29 is 9.59 Å². The number of nitrogens with two attached hydrogens (primary N) is 1. The van der Waals surface area contributed by atoms with Crippen molar-refractivity contribution in [3.05, 3.63) is 29.8 Å². The minimum absolute atomic E-state index is 0. The molecule has 2 amide bonds. The molecule has 0 aliphatic carbocycles. The van der Waals surface area contributed by atoms with Crippen LogP contribution in [0.5, 0.6) is 0 Å². The normalized spacial score (nSPS) is 10.4. The molecular formula is C15H24ClN3O2. The summed E-state index contributed by atoms with van der Waals surface area (Å²) in [6.07, 6.45) is 0.313. The number of hydrogen-bond acceptors (Lipinski definition) is 3. The summed E-state index contributed by atoms with van der Waals surface area (Å²) in [5.41, 5.74) is 6.76. The van der Waals surface area contributed by atoms with Crippen LogP contribution in [0.2, 0.25) is 0 Å². The van der Waals surface area contributed by atoms with E-state index in [2.05, 4.69) is 10.6 Å². The lowest BCUT2D eigenvalue weighted by molar-refractivity contribution is -0.128. The zero-order valence-electron chi connectivity index (χ0n) is 12.7. The predicted octanol–water partition coefficient (Wildman–Crippen LogP) is 1.51. The molecule has 0 heterocycles. The van der Waals surface area contributed by atoms with Crippen LogP contribution < -0.4 is 16.4 Å². The van der Waals surface area contributed by atoms with E-state index in [0.717, 1.165) is 5.56 Å². The van der Waals surface area contributed by atoms with Crippen molar-refractivity contribution in [1.29, 1.82) is 0 Å². The van der Waals surface area contributed by atoms with Crippen LogP contribution in [-0.4, -0.2) is 24.9 Å². The Balaban J connectivity index is 0.00000400. The van der Waals surface area contributed by atoms with E-state index < -0.39 is 5.41 Å². The van der Waals surface area contributed by atoms with Gasteiger partial charge in [-0.2, -0.15) is 0 Å². The van der Waals surface area contributed by atoms with Crippen molar-refractivity contribution in [2.45, 2.75) is 27.2 Å². The number of amides is 2. The summed E-state index contributed by atoms with van der Waals surface area (Å²) in [7, 11) is 0. The molecule has 0 atom stereocenters. The van der Waals surface area contributed by atoms with E-state index >= 15 is 0 Å². The van der Waals surface area contributed by atoms with Crippen LogP contribution in [-0.2, 0) is 16.0 Å². The predicted molar refractivity (Wildman–Crippen MR) is 87.3 cm³/mol. The summed E-state index contributed by atoms with van der Waals surface area (Å²) in [6, 6.07) is 7.20. The maximum Gasteiger partial charge on any atom is 0.225 e. The Morgan fingerprint density at radius 1 is 1.05 bits per heavy atom. The van der Waals surface area contributed by atoms with Gasteiger partial charge in [-0.05, 0) is 17.7 Å². The highest BCUT2D eigenvalue weighted by molar-refractivity contribution is 5.85. The minimum atomic E-state index is -0.409. The van der Waals surface area contributed by atoms with E-state index in [9.17, 15) is 9.59 Å². The number of hydrogen-bond donors (Lipinski definition) is 3. The lowest BCUT2D eigenvalue weighted by atomic mass is 9.96. The van der Waals surface area contributed by atoms with E-state index in [0.29, 0.717) is 25.2 Å². The van der Waals surface area contributed by atoms with Crippen LogP contribution >= 0.6 is 12.4 Å². The summed E-state index contributed by atoms with van der Waals surface area (Å²) < 4.78 is 0. The highest BCUT2D eigenvalue weighted by atomic mass is 35.5. The minimum Gasteiger partial charge on any atom is -0.399 e. The molecule has 5 nitrogen and oxygen atoms in total. The number of nitrogen functional groups attached to an aromatic ring is 1. The first-order valence-corrected chi connectivity index (χ1v) is 6.68. The van der Waals surface area contributed by atoms with E-state index in [4.69, 9.17) is 5.73 Å². The van der Waals surface area contributed by atoms with Crippen molar-refractivity contribution in [1.82, 2.24) is 10.6 Å². The highest BCUT2D eigenvalue weighted by Crippen LogP contribution is 2.11. The van der Waals surface area contributed by atoms with Gasteiger partial charge in [0.05, 0.1) is 6.42 Å². The maximum atomic E-state index is 11.7. The summed E-state index contributed by atoms with van der Waals surface area (Å²) in [5, 5.41) is 5.55.